The van der Waals surface area contributed by atoms with Crippen molar-refractivity contribution < 1.29 is 4.79 Å². The van der Waals surface area contributed by atoms with Gasteiger partial charge in [0.1, 0.15) is 5.82 Å². The minimum atomic E-state index is -0.190. The zero-order valence-electron chi connectivity index (χ0n) is 18.8. The maximum absolute atomic E-state index is 13.0. The van der Waals surface area contributed by atoms with Gasteiger partial charge in [-0.1, -0.05) is 19.1 Å². The Kier molecular flexibility index (Phi) is 5.42. The Bertz CT molecular complexity index is 1370. The summed E-state index contributed by atoms with van der Waals surface area (Å²) in [5.74, 6) is 1.13. The number of hydrogen-bond acceptors (Lipinski definition) is 4. The van der Waals surface area contributed by atoms with Crippen molar-refractivity contribution in [2.45, 2.75) is 20.3 Å². The van der Waals surface area contributed by atoms with Crippen molar-refractivity contribution in [3.63, 3.8) is 0 Å². The highest BCUT2D eigenvalue weighted by atomic mass is 16.1. The number of carbonyl (C=O) groups is 1. The van der Waals surface area contributed by atoms with Crippen LogP contribution in [0.2, 0.25) is 0 Å². The fraction of sp³-hybridized carbons (Fsp3) is 0.222. The van der Waals surface area contributed by atoms with E-state index in [0.717, 1.165) is 24.7 Å². The van der Waals surface area contributed by atoms with Gasteiger partial charge in [0.25, 0.3) is 11.5 Å². The number of benzene rings is 3. The molecule has 4 aromatic rings. The predicted molar refractivity (Wildman–Crippen MR) is 132 cm³/mol. The summed E-state index contributed by atoms with van der Waals surface area (Å²) in [4.78, 5) is 32.7. The first-order valence-corrected chi connectivity index (χ1v) is 11.2. The van der Waals surface area contributed by atoms with Crippen LogP contribution in [0, 0.1) is 12.8 Å². The van der Waals surface area contributed by atoms with Crippen LogP contribution in [0.4, 0.5) is 11.4 Å². The molecule has 1 saturated heterocycles. The molecule has 2 heterocycles. The molecule has 5 rings (SSSR count). The number of fused-ring (bicyclic) bond motifs is 1. The second kappa shape index (κ2) is 8.54. The molecule has 0 radical (unpaired) electrons. The third kappa shape index (κ3) is 4.12. The number of carbonyl (C=O) groups excluding carboxylic acids is 1. The standard InChI is InChI=1S/C27H26N4O2/c1-18-15-16-30(17-18)22-13-9-21(10-14-22)29-26(32)20-7-11-23(12-8-20)31-19(2)28-25-6-4-3-5-24(25)27(31)33/h3-14,18H,15-17H2,1-2H3,(H,29,32). The van der Waals surface area contributed by atoms with Gasteiger partial charge in [-0.15, -0.1) is 0 Å². The molecule has 1 fully saturated rings. The highest BCUT2D eigenvalue weighted by molar-refractivity contribution is 6.04. The molecular formula is C27H26N4O2. The quantitative estimate of drug-likeness (QED) is 0.497. The summed E-state index contributed by atoms with van der Waals surface area (Å²) < 4.78 is 1.57. The fourth-order valence-electron chi connectivity index (χ4n) is 4.44. The van der Waals surface area contributed by atoms with Crippen LogP contribution >= 0.6 is 0 Å². The topological polar surface area (TPSA) is 67.2 Å². The van der Waals surface area contributed by atoms with Crippen LogP contribution in [-0.2, 0) is 0 Å². The Morgan fingerprint density at radius 1 is 0.970 bits per heavy atom. The third-order valence-corrected chi connectivity index (χ3v) is 6.25. The lowest BCUT2D eigenvalue weighted by molar-refractivity contribution is 0.102. The summed E-state index contributed by atoms with van der Waals surface area (Å²) >= 11 is 0. The lowest BCUT2D eigenvalue weighted by atomic mass is 10.1. The summed E-state index contributed by atoms with van der Waals surface area (Å²) in [5.41, 5.74) is 3.70. The molecular weight excluding hydrogens is 412 g/mol. The fourth-order valence-corrected chi connectivity index (χ4v) is 4.44. The molecule has 6 nitrogen and oxygen atoms in total. The van der Waals surface area contributed by atoms with Gasteiger partial charge < -0.3 is 10.2 Å². The number of hydrogen-bond donors (Lipinski definition) is 1. The normalized spacial score (nSPS) is 15.7. The molecule has 0 spiro atoms. The molecule has 1 atom stereocenters. The van der Waals surface area contributed by atoms with E-state index in [2.05, 4.69) is 34.3 Å². The largest absolute Gasteiger partial charge is 0.371 e. The number of aryl methyl sites for hydroxylation is 1. The van der Waals surface area contributed by atoms with Crippen LogP contribution in [0.3, 0.4) is 0 Å². The summed E-state index contributed by atoms with van der Waals surface area (Å²) in [6.45, 7) is 6.23. The van der Waals surface area contributed by atoms with Crippen LogP contribution < -0.4 is 15.8 Å². The van der Waals surface area contributed by atoms with E-state index in [-0.39, 0.29) is 11.5 Å². The third-order valence-electron chi connectivity index (χ3n) is 6.25. The van der Waals surface area contributed by atoms with Crippen molar-refractivity contribution in [3.8, 4) is 5.69 Å². The first-order chi connectivity index (χ1) is 16.0. The van der Waals surface area contributed by atoms with E-state index in [1.807, 2.05) is 30.3 Å². The van der Waals surface area contributed by atoms with E-state index in [0.29, 0.717) is 28.0 Å². The van der Waals surface area contributed by atoms with E-state index >= 15 is 0 Å². The molecule has 0 aliphatic carbocycles. The number of nitrogens with zero attached hydrogens (tertiary/aromatic N) is 3. The Morgan fingerprint density at radius 2 is 1.67 bits per heavy atom. The van der Waals surface area contributed by atoms with Gasteiger partial charge in [0, 0.05) is 30.0 Å². The van der Waals surface area contributed by atoms with Crippen molar-refractivity contribution in [3.05, 3.63) is 94.5 Å². The van der Waals surface area contributed by atoms with Gasteiger partial charge in [0.2, 0.25) is 0 Å². The number of anilines is 2. The highest BCUT2D eigenvalue weighted by Gasteiger charge is 2.18. The van der Waals surface area contributed by atoms with Crippen LogP contribution in [0.25, 0.3) is 16.6 Å². The monoisotopic (exact) mass is 438 g/mol. The first kappa shape index (κ1) is 20.9. The smallest absolute Gasteiger partial charge is 0.265 e. The molecule has 33 heavy (non-hydrogen) atoms. The molecule has 1 N–H and O–H groups in total. The Morgan fingerprint density at radius 3 is 2.36 bits per heavy atom. The van der Waals surface area contributed by atoms with Gasteiger partial charge in [-0.25, -0.2) is 4.98 Å². The summed E-state index contributed by atoms with van der Waals surface area (Å²) in [6, 6.07) is 22.3. The lowest BCUT2D eigenvalue weighted by Gasteiger charge is -2.18. The Balaban J connectivity index is 1.33. The van der Waals surface area contributed by atoms with Crippen LogP contribution in [0.1, 0.15) is 29.5 Å². The summed E-state index contributed by atoms with van der Waals surface area (Å²) in [5, 5.41) is 3.52. The second-order valence-corrected chi connectivity index (χ2v) is 8.70. The van der Waals surface area contributed by atoms with E-state index in [4.69, 9.17) is 0 Å². The average Bonchev–Trinajstić information content (AvgIpc) is 3.26. The number of nitrogens with one attached hydrogen (secondary N) is 1. The van der Waals surface area contributed by atoms with E-state index in [9.17, 15) is 9.59 Å². The zero-order chi connectivity index (χ0) is 22.9. The number of amides is 1. The molecule has 1 amide bonds. The number of para-hydroxylation sites is 1. The van der Waals surface area contributed by atoms with Crippen molar-refractivity contribution in [2.75, 3.05) is 23.3 Å². The van der Waals surface area contributed by atoms with Crippen molar-refractivity contribution in [1.29, 1.82) is 0 Å². The predicted octanol–water partition coefficient (Wildman–Crippen LogP) is 4.79. The van der Waals surface area contributed by atoms with Gasteiger partial charge in [-0.2, -0.15) is 0 Å². The van der Waals surface area contributed by atoms with E-state index in [1.165, 1.54) is 12.1 Å². The number of rotatable bonds is 4. The van der Waals surface area contributed by atoms with Gasteiger partial charge in [0.05, 0.1) is 16.6 Å². The zero-order valence-corrected chi connectivity index (χ0v) is 18.8. The minimum Gasteiger partial charge on any atom is -0.371 e. The average molecular weight is 439 g/mol. The van der Waals surface area contributed by atoms with Gasteiger partial charge >= 0.3 is 0 Å². The molecule has 3 aromatic carbocycles. The van der Waals surface area contributed by atoms with Crippen LogP contribution in [0.15, 0.2) is 77.6 Å². The van der Waals surface area contributed by atoms with E-state index < -0.39 is 0 Å². The SMILES string of the molecule is Cc1nc2ccccc2c(=O)n1-c1ccc(C(=O)Nc2ccc(N3CCC(C)C3)cc2)cc1. The van der Waals surface area contributed by atoms with Crippen LogP contribution in [-0.4, -0.2) is 28.5 Å². The maximum atomic E-state index is 13.0. The van der Waals surface area contributed by atoms with Crippen molar-refractivity contribution in [1.82, 2.24) is 9.55 Å². The van der Waals surface area contributed by atoms with Crippen molar-refractivity contribution >= 4 is 28.2 Å². The first-order valence-electron chi connectivity index (χ1n) is 11.2. The Hall–Kier alpha value is -3.93. The van der Waals surface area contributed by atoms with E-state index in [1.54, 1.807) is 41.8 Å². The van der Waals surface area contributed by atoms with Gasteiger partial charge in [-0.3, -0.25) is 14.2 Å². The maximum Gasteiger partial charge on any atom is 0.265 e. The van der Waals surface area contributed by atoms with Crippen molar-refractivity contribution in [2.24, 2.45) is 5.92 Å². The van der Waals surface area contributed by atoms with Gasteiger partial charge in [-0.05, 0) is 79.9 Å². The minimum absolute atomic E-state index is 0.122. The molecule has 1 aliphatic heterocycles. The molecule has 0 bridgehead atoms. The lowest BCUT2D eigenvalue weighted by Crippen LogP contribution is -2.22. The summed E-state index contributed by atoms with van der Waals surface area (Å²) in [6.07, 6.45) is 1.22. The number of aromatic nitrogens is 2. The molecule has 6 heteroatoms. The molecule has 1 aliphatic rings. The molecule has 166 valence electrons. The highest BCUT2D eigenvalue weighted by Crippen LogP contribution is 2.25. The Labute approximate surface area is 192 Å². The van der Waals surface area contributed by atoms with Crippen LogP contribution in [0.5, 0.6) is 0 Å². The second-order valence-electron chi connectivity index (χ2n) is 8.70. The molecule has 0 saturated carbocycles. The molecule has 1 unspecified atom stereocenters. The summed E-state index contributed by atoms with van der Waals surface area (Å²) in [7, 11) is 0. The molecule has 1 aromatic heterocycles. The van der Waals surface area contributed by atoms with Gasteiger partial charge in [0.15, 0.2) is 0 Å².